The van der Waals surface area contributed by atoms with Gasteiger partial charge in [0.1, 0.15) is 6.29 Å². The third-order valence-corrected chi connectivity index (χ3v) is 1.85. The summed E-state index contributed by atoms with van der Waals surface area (Å²) in [6, 6.07) is -0.843. The van der Waals surface area contributed by atoms with E-state index in [-0.39, 0.29) is 12.8 Å². The highest BCUT2D eigenvalue weighted by Crippen LogP contribution is 2.12. The number of hydrogen-bond acceptors (Lipinski definition) is 3. The highest BCUT2D eigenvalue weighted by atomic mass is 16.6. The molecule has 0 saturated heterocycles. The predicted molar refractivity (Wildman–Crippen MR) is 70.5 cm³/mol. The van der Waals surface area contributed by atoms with E-state index in [0.717, 1.165) is 5.57 Å². The third kappa shape index (κ3) is 9.23. The number of allylic oxidation sites excluding steroid dienone is 4. The summed E-state index contributed by atoms with van der Waals surface area (Å²) in [5, 5.41) is 10.6. The zero-order valence-electron chi connectivity index (χ0n) is 10.8. The lowest BCUT2D eigenvalue weighted by Gasteiger charge is -2.06. The summed E-state index contributed by atoms with van der Waals surface area (Å²) in [7, 11) is 0. The fraction of sp³-hybridized carbons (Fsp3) is 0.462. The van der Waals surface area contributed by atoms with E-state index in [1.54, 1.807) is 24.3 Å². The van der Waals surface area contributed by atoms with Crippen LogP contribution in [0.15, 0.2) is 36.5 Å². The van der Waals surface area contributed by atoms with Crippen molar-refractivity contribution in [3.63, 3.8) is 0 Å². The molecule has 0 aliphatic rings. The molecule has 0 aliphatic carbocycles. The molecule has 0 N–H and O–H groups in total. The number of nitro groups is 1. The number of nitrogens with zero attached hydrogens (tertiary/aromatic N) is 1. The number of carbonyl (C=O) groups excluding carboxylic acids is 1. The zero-order valence-corrected chi connectivity index (χ0v) is 10.8. The lowest BCUT2D eigenvalue weighted by molar-refractivity contribution is -0.520. The topological polar surface area (TPSA) is 60.2 Å². The highest BCUT2D eigenvalue weighted by molar-refractivity contribution is 5.50. The summed E-state index contributed by atoms with van der Waals surface area (Å²) >= 11 is 0. The van der Waals surface area contributed by atoms with E-state index in [1.807, 2.05) is 20.8 Å². The van der Waals surface area contributed by atoms with Crippen molar-refractivity contribution in [2.24, 2.45) is 0 Å². The molecule has 17 heavy (non-hydrogen) atoms. The van der Waals surface area contributed by atoms with Gasteiger partial charge in [-0.2, -0.15) is 0 Å². The maximum absolute atomic E-state index is 10.6. The maximum Gasteiger partial charge on any atom is 0.223 e. The van der Waals surface area contributed by atoms with Crippen LogP contribution < -0.4 is 0 Å². The summed E-state index contributed by atoms with van der Waals surface area (Å²) < 4.78 is 0. The maximum atomic E-state index is 10.6. The first kappa shape index (κ1) is 17.7. The van der Waals surface area contributed by atoms with Gasteiger partial charge in [0.25, 0.3) is 0 Å². The predicted octanol–water partition coefficient (Wildman–Crippen LogP) is 3.33. The SMILES string of the molecule is C=C/C=C(\C=C/C)CC(CC=O)[N+](=O)[O-].CC. The Bertz CT molecular complexity index is 293. The molecule has 0 rings (SSSR count). The smallest absolute Gasteiger partial charge is 0.223 e. The second-order valence-electron chi connectivity index (χ2n) is 3.02. The van der Waals surface area contributed by atoms with Crippen LogP contribution in [0.4, 0.5) is 0 Å². The van der Waals surface area contributed by atoms with Crippen molar-refractivity contribution in [3.05, 3.63) is 46.6 Å². The van der Waals surface area contributed by atoms with E-state index in [9.17, 15) is 14.9 Å². The van der Waals surface area contributed by atoms with Crippen molar-refractivity contribution < 1.29 is 9.72 Å². The molecule has 1 unspecified atom stereocenters. The molecule has 0 aromatic heterocycles. The lowest BCUT2D eigenvalue weighted by Crippen LogP contribution is -2.20. The Kier molecular flexibility index (Phi) is 12.9. The van der Waals surface area contributed by atoms with Crippen molar-refractivity contribution in [1.29, 1.82) is 0 Å². The van der Waals surface area contributed by atoms with Crippen molar-refractivity contribution in [3.8, 4) is 0 Å². The molecule has 0 aliphatic heterocycles. The number of carbonyl (C=O) groups is 1. The van der Waals surface area contributed by atoms with E-state index in [2.05, 4.69) is 6.58 Å². The summed E-state index contributed by atoms with van der Waals surface area (Å²) in [5.74, 6) is 0. The Labute approximate surface area is 103 Å². The van der Waals surface area contributed by atoms with Gasteiger partial charge in [-0.25, -0.2) is 0 Å². The molecular formula is C13H21NO3. The quantitative estimate of drug-likeness (QED) is 0.296. The Morgan fingerprint density at radius 1 is 1.47 bits per heavy atom. The van der Waals surface area contributed by atoms with Crippen molar-refractivity contribution in [2.75, 3.05) is 0 Å². The van der Waals surface area contributed by atoms with Crippen molar-refractivity contribution in [2.45, 2.75) is 39.7 Å². The first-order chi connectivity index (χ1) is 8.15. The molecule has 0 spiro atoms. The normalized spacial score (nSPS) is 12.5. The Hall–Kier alpha value is -1.71. The van der Waals surface area contributed by atoms with E-state index >= 15 is 0 Å². The van der Waals surface area contributed by atoms with Crippen LogP contribution in [-0.2, 0) is 4.79 Å². The third-order valence-electron chi connectivity index (χ3n) is 1.85. The second kappa shape index (κ2) is 12.4. The summed E-state index contributed by atoms with van der Waals surface area (Å²) in [5.41, 5.74) is 0.802. The van der Waals surface area contributed by atoms with Crippen LogP contribution in [0.25, 0.3) is 0 Å². The van der Waals surface area contributed by atoms with E-state index in [0.29, 0.717) is 6.29 Å². The van der Waals surface area contributed by atoms with E-state index < -0.39 is 11.0 Å². The van der Waals surface area contributed by atoms with Crippen LogP contribution in [0.2, 0.25) is 0 Å². The minimum absolute atomic E-state index is 0.0565. The fourth-order valence-electron chi connectivity index (χ4n) is 1.18. The van der Waals surface area contributed by atoms with Crippen LogP contribution in [0, 0.1) is 10.1 Å². The average Bonchev–Trinajstić information content (AvgIpc) is 2.31. The second-order valence-corrected chi connectivity index (χ2v) is 3.02. The minimum atomic E-state index is -0.843. The van der Waals surface area contributed by atoms with Gasteiger partial charge in [-0.15, -0.1) is 0 Å². The number of hydrogen-bond donors (Lipinski definition) is 0. The molecule has 0 saturated carbocycles. The van der Waals surface area contributed by atoms with Gasteiger partial charge in [0.05, 0.1) is 6.42 Å². The molecule has 0 fully saturated rings. The number of aldehydes is 1. The standard InChI is InChI=1S/C11H15NO3.C2H6/c1-3-5-10(6-4-2)9-11(7-8-13)12(14)15;1-2/h3-6,8,11H,1,7,9H2,2H3;1-2H3/b6-4-,10-5+;. The first-order valence-corrected chi connectivity index (χ1v) is 5.67. The van der Waals surface area contributed by atoms with Gasteiger partial charge < -0.3 is 4.79 Å². The van der Waals surface area contributed by atoms with Gasteiger partial charge in [0.15, 0.2) is 0 Å². The molecule has 96 valence electrons. The van der Waals surface area contributed by atoms with E-state index in [4.69, 9.17) is 0 Å². The molecule has 4 heteroatoms. The summed E-state index contributed by atoms with van der Waals surface area (Å²) in [6.45, 7) is 9.36. The zero-order chi connectivity index (χ0) is 13.7. The van der Waals surface area contributed by atoms with Crippen LogP contribution >= 0.6 is 0 Å². The van der Waals surface area contributed by atoms with Crippen LogP contribution in [0.3, 0.4) is 0 Å². The molecule has 0 radical (unpaired) electrons. The molecule has 0 amide bonds. The Balaban J connectivity index is 0. The largest absolute Gasteiger partial charge is 0.303 e. The molecule has 0 heterocycles. The van der Waals surface area contributed by atoms with Gasteiger partial charge in [0, 0.05) is 11.3 Å². The van der Waals surface area contributed by atoms with Gasteiger partial charge in [-0.3, -0.25) is 10.1 Å². The van der Waals surface area contributed by atoms with Gasteiger partial charge in [-0.1, -0.05) is 44.7 Å². The molecule has 4 nitrogen and oxygen atoms in total. The van der Waals surface area contributed by atoms with Crippen molar-refractivity contribution in [1.82, 2.24) is 0 Å². The first-order valence-electron chi connectivity index (χ1n) is 5.67. The van der Waals surface area contributed by atoms with Gasteiger partial charge >= 0.3 is 0 Å². The van der Waals surface area contributed by atoms with Gasteiger partial charge in [-0.05, 0) is 12.5 Å². The summed E-state index contributed by atoms with van der Waals surface area (Å²) in [6.07, 6.45) is 7.64. The van der Waals surface area contributed by atoms with Gasteiger partial charge in [0.2, 0.25) is 6.04 Å². The Morgan fingerprint density at radius 3 is 2.41 bits per heavy atom. The van der Waals surface area contributed by atoms with Crippen LogP contribution in [-0.4, -0.2) is 17.3 Å². The highest BCUT2D eigenvalue weighted by Gasteiger charge is 2.19. The van der Waals surface area contributed by atoms with Crippen LogP contribution in [0.1, 0.15) is 33.6 Å². The summed E-state index contributed by atoms with van der Waals surface area (Å²) in [4.78, 5) is 20.4. The molecular weight excluding hydrogens is 218 g/mol. The molecule has 0 bridgehead atoms. The van der Waals surface area contributed by atoms with E-state index in [1.165, 1.54) is 0 Å². The molecule has 1 atom stereocenters. The fourth-order valence-corrected chi connectivity index (χ4v) is 1.18. The lowest BCUT2D eigenvalue weighted by atomic mass is 10.0. The minimum Gasteiger partial charge on any atom is -0.303 e. The average molecular weight is 239 g/mol. The monoisotopic (exact) mass is 239 g/mol. The number of rotatable bonds is 7. The van der Waals surface area contributed by atoms with Crippen molar-refractivity contribution >= 4 is 6.29 Å². The van der Waals surface area contributed by atoms with Crippen LogP contribution in [0.5, 0.6) is 0 Å². The molecule has 0 aromatic rings. The Morgan fingerprint density at radius 2 is 2.06 bits per heavy atom. The molecule has 0 aromatic carbocycles.